The summed E-state index contributed by atoms with van der Waals surface area (Å²) in [6, 6.07) is 19.2. The molecule has 0 spiro atoms. The van der Waals surface area contributed by atoms with Crippen LogP contribution in [0.5, 0.6) is 11.5 Å². The molecule has 348 valence electrons. The average molecular weight is 928 g/mol. The van der Waals surface area contributed by atoms with Crippen molar-refractivity contribution in [1.29, 1.82) is 0 Å². The topological polar surface area (TPSA) is 171 Å². The van der Waals surface area contributed by atoms with Gasteiger partial charge in [-0.05, 0) is 91.6 Å². The van der Waals surface area contributed by atoms with Gasteiger partial charge in [-0.2, -0.15) is 10.2 Å². The molecular weight excluding hydrogens is 864 g/mol. The van der Waals surface area contributed by atoms with E-state index in [1.165, 1.54) is 25.1 Å². The maximum atomic E-state index is 12.8. The minimum Gasteiger partial charge on any atom is -0.542 e. The van der Waals surface area contributed by atoms with Crippen molar-refractivity contribution in [1.82, 2.24) is 39.3 Å². The van der Waals surface area contributed by atoms with Crippen molar-refractivity contribution in [2.45, 2.75) is 51.7 Å². The lowest BCUT2D eigenvalue weighted by Crippen LogP contribution is -2.50. The van der Waals surface area contributed by atoms with E-state index in [9.17, 15) is 14.7 Å². The minimum atomic E-state index is -1.92. The zero-order valence-electron chi connectivity index (χ0n) is 38.5. The second-order valence-electron chi connectivity index (χ2n) is 17.8. The van der Waals surface area contributed by atoms with Crippen molar-refractivity contribution in [2.24, 2.45) is 14.1 Å². The lowest BCUT2D eigenvalue weighted by molar-refractivity contribution is 0.198. The summed E-state index contributed by atoms with van der Waals surface area (Å²) < 4.78 is 15.0. The van der Waals surface area contributed by atoms with Crippen LogP contribution < -0.4 is 24.9 Å². The SMILES string of the molecule is C1CCOC1.Cl.Cn1ncc2ccc(N3CCN(C(=O)Nc4ccc(O)cn4)CC3)cc21.Cn1ncc2ccc(N3CCN(C(=O)Nc4ccc(O[Si](C)(C)C(C)(C)C)cn4)CC3)cc21. The molecule has 3 fully saturated rings. The normalized spacial score (nSPS) is 15.4. The van der Waals surface area contributed by atoms with Gasteiger partial charge in [0.1, 0.15) is 23.1 Å². The lowest BCUT2D eigenvalue weighted by atomic mass is 10.2. The number of nitrogens with one attached hydrogen (secondary N) is 2. The molecule has 0 radical (unpaired) electrons. The van der Waals surface area contributed by atoms with Gasteiger partial charge in [0, 0.05) is 102 Å². The highest BCUT2D eigenvalue weighted by molar-refractivity contribution is 6.74. The van der Waals surface area contributed by atoms with Crippen LogP contribution >= 0.6 is 12.4 Å². The maximum Gasteiger partial charge on any atom is 0.323 e. The first kappa shape index (κ1) is 48.3. The standard InChI is InChI=1S/C24H34N6O2Si.C18H20N6O2.C4H8O.ClH/c1-24(2,3)33(5,6)32-20-9-10-22(25-17-20)27-23(31)30-13-11-29(12-14-30)19-8-7-18-16-26-28(4)21(18)15-19;1-22-16-10-14(3-2-13(16)11-20-22)23-6-8-24(9-7-23)18(26)21-17-5-4-15(25)12-19-17;1-2-4-5-3-1;/h7-10,15-17H,11-14H2,1-6H3,(H,25,27,31);2-5,10-12,25H,6-9H2,1H3,(H,19,21,26);1-4H2;1H. The van der Waals surface area contributed by atoms with E-state index in [2.05, 4.69) is 111 Å². The van der Waals surface area contributed by atoms with E-state index in [1.54, 1.807) is 23.2 Å². The summed E-state index contributed by atoms with van der Waals surface area (Å²) in [6.07, 6.45) is 9.30. The van der Waals surface area contributed by atoms with Gasteiger partial charge < -0.3 is 33.9 Å². The van der Waals surface area contributed by atoms with Gasteiger partial charge in [0.25, 0.3) is 8.32 Å². The molecule has 3 aliphatic rings. The average Bonchev–Trinajstić information content (AvgIpc) is 4.08. The number of benzene rings is 2. The number of nitrogens with zero attached hydrogens (tertiary/aromatic N) is 10. The Morgan fingerprint density at radius 1 is 0.662 bits per heavy atom. The highest BCUT2D eigenvalue weighted by Gasteiger charge is 2.39. The fraction of sp³-hybridized carbons (Fsp3) is 0.435. The summed E-state index contributed by atoms with van der Waals surface area (Å²) in [5.41, 5.74) is 4.51. The van der Waals surface area contributed by atoms with E-state index < -0.39 is 8.32 Å². The van der Waals surface area contributed by atoms with Crippen LogP contribution in [0.2, 0.25) is 18.1 Å². The zero-order chi connectivity index (χ0) is 45.4. The molecule has 4 amide bonds. The number of hydrogen-bond donors (Lipinski definition) is 3. The number of ether oxygens (including phenoxy) is 1. The minimum absolute atomic E-state index is 0. The quantitative estimate of drug-likeness (QED) is 0.139. The number of aromatic hydroxyl groups is 1. The highest BCUT2D eigenvalue weighted by atomic mass is 35.5. The summed E-state index contributed by atoms with van der Waals surface area (Å²) in [5.74, 6) is 1.78. The van der Waals surface area contributed by atoms with E-state index in [-0.39, 0.29) is 35.3 Å². The van der Waals surface area contributed by atoms with Crippen molar-refractivity contribution in [3.63, 3.8) is 0 Å². The summed E-state index contributed by atoms with van der Waals surface area (Å²) in [7, 11) is 1.97. The predicted octanol–water partition coefficient (Wildman–Crippen LogP) is 7.95. The van der Waals surface area contributed by atoms with Crippen molar-refractivity contribution < 1.29 is 23.9 Å². The fourth-order valence-electron chi connectivity index (χ4n) is 7.30. The van der Waals surface area contributed by atoms with Crippen LogP contribution in [0.4, 0.5) is 32.6 Å². The molecule has 0 unspecified atom stereocenters. The number of aromatic nitrogens is 6. The third-order valence-corrected chi connectivity index (χ3v) is 16.6. The molecule has 3 aliphatic heterocycles. The number of rotatable bonds is 6. The van der Waals surface area contributed by atoms with Crippen LogP contribution in [0.1, 0.15) is 33.6 Å². The Bertz CT molecular complexity index is 2480. The van der Waals surface area contributed by atoms with Gasteiger partial charge >= 0.3 is 12.1 Å². The summed E-state index contributed by atoms with van der Waals surface area (Å²) >= 11 is 0. The number of amides is 4. The van der Waals surface area contributed by atoms with Gasteiger partial charge in [-0.25, -0.2) is 19.6 Å². The smallest absolute Gasteiger partial charge is 0.323 e. The van der Waals surface area contributed by atoms with E-state index in [1.807, 2.05) is 46.8 Å². The van der Waals surface area contributed by atoms with E-state index in [4.69, 9.17) is 9.16 Å². The first-order valence-electron chi connectivity index (χ1n) is 22.0. The third kappa shape index (κ3) is 12.4. The summed E-state index contributed by atoms with van der Waals surface area (Å²) in [5, 5.41) is 25.9. The fourth-order valence-corrected chi connectivity index (χ4v) is 8.32. The van der Waals surface area contributed by atoms with E-state index in [0.717, 1.165) is 78.3 Å². The van der Waals surface area contributed by atoms with Crippen LogP contribution in [0.15, 0.2) is 85.5 Å². The van der Waals surface area contributed by atoms with Gasteiger partial charge in [-0.1, -0.05) is 20.8 Å². The molecule has 0 atom stereocenters. The zero-order valence-corrected chi connectivity index (χ0v) is 40.3. The Morgan fingerprint density at radius 3 is 1.51 bits per heavy atom. The molecule has 17 nitrogen and oxygen atoms in total. The molecule has 3 saturated heterocycles. The largest absolute Gasteiger partial charge is 0.542 e. The molecule has 65 heavy (non-hydrogen) atoms. The molecule has 4 aromatic heterocycles. The molecule has 0 aliphatic carbocycles. The molecule has 2 aromatic carbocycles. The Hall–Kier alpha value is -6.11. The number of pyridine rings is 2. The number of carbonyl (C=O) groups excluding carboxylic acids is 2. The predicted molar refractivity (Wildman–Crippen MR) is 262 cm³/mol. The maximum absolute atomic E-state index is 12.8. The van der Waals surface area contributed by atoms with Gasteiger partial charge in [-0.15, -0.1) is 12.4 Å². The number of carbonyl (C=O) groups is 2. The number of aryl methyl sites for hydroxylation is 2. The summed E-state index contributed by atoms with van der Waals surface area (Å²) in [6.45, 7) is 18.7. The van der Waals surface area contributed by atoms with E-state index in [0.29, 0.717) is 37.8 Å². The number of fused-ring (bicyclic) bond motifs is 2. The Balaban J connectivity index is 0.000000195. The first-order chi connectivity index (χ1) is 30.6. The Kier molecular flexibility index (Phi) is 15.8. The molecule has 6 aromatic rings. The second-order valence-corrected chi connectivity index (χ2v) is 22.5. The number of anilines is 4. The van der Waals surface area contributed by atoms with Crippen LogP contribution in [0.3, 0.4) is 0 Å². The van der Waals surface area contributed by atoms with Gasteiger partial charge in [0.2, 0.25) is 0 Å². The molecule has 7 heterocycles. The molecular formula is C46H63ClN12O5Si. The van der Waals surface area contributed by atoms with Crippen molar-refractivity contribution in [2.75, 3.05) is 86.0 Å². The van der Waals surface area contributed by atoms with E-state index >= 15 is 0 Å². The third-order valence-electron chi connectivity index (χ3n) is 12.3. The lowest BCUT2D eigenvalue weighted by Gasteiger charge is -2.36. The molecule has 0 bridgehead atoms. The van der Waals surface area contributed by atoms with Gasteiger partial charge in [0.15, 0.2) is 0 Å². The Labute approximate surface area is 388 Å². The monoisotopic (exact) mass is 926 g/mol. The van der Waals surface area contributed by atoms with Crippen molar-refractivity contribution >= 4 is 77.6 Å². The van der Waals surface area contributed by atoms with Crippen LogP contribution in [0.25, 0.3) is 21.8 Å². The summed E-state index contributed by atoms with van der Waals surface area (Å²) in [4.78, 5) is 41.7. The second kappa shape index (κ2) is 21.3. The number of hydrogen-bond acceptors (Lipinski definition) is 11. The van der Waals surface area contributed by atoms with Gasteiger partial charge in [0.05, 0.1) is 35.8 Å². The van der Waals surface area contributed by atoms with Crippen LogP contribution in [0, 0.1) is 0 Å². The Morgan fingerprint density at radius 2 is 1.12 bits per heavy atom. The van der Waals surface area contributed by atoms with Crippen molar-refractivity contribution in [3.05, 3.63) is 85.5 Å². The first-order valence-corrected chi connectivity index (χ1v) is 24.9. The molecule has 19 heteroatoms. The molecule has 3 N–H and O–H groups in total. The molecule has 0 saturated carbocycles. The van der Waals surface area contributed by atoms with Gasteiger partial charge in [-0.3, -0.25) is 20.0 Å². The van der Waals surface area contributed by atoms with Crippen molar-refractivity contribution in [3.8, 4) is 11.5 Å². The highest BCUT2D eigenvalue weighted by Crippen LogP contribution is 2.37. The van der Waals surface area contributed by atoms with Crippen LogP contribution in [-0.2, 0) is 18.8 Å². The number of piperazine rings is 2. The number of urea groups is 2. The molecule has 9 rings (SSSR count). The van der Waals surface area contributed by atoms with Crippen LogP contribution in [-0.4, -0.2) is 130 Å². The number of halogens is 1.